The lowest BCUT2D eigenvalue weighted by atomic mass is 10.0. The van der Waals surface area contributed by atoms with Crippen LogP contribution in [0.5, 0.6) is 5.75 Å². The Balaban J connectivity index is 2.72. The van der Waals surface area contributed by atoms with Crippen LogP contribution in [0.4, 0.5) is 17.6 Å². The Morgan fingerprint density at radius 2 is 2.00 bits per heavy atom. The maximum atomic E-state index is 13.5. The van der Waals surface area contributed by atoms with Gasteiger partial charge in [0.25, 0.3) is 0 Å². The van der Waals surface area contributed by atoms with Crippen molar-refractivity contribution >= 4 is 0 Å². The van der Waals surface area contributed by atoms with E-state index in [0.717, 1.165) is 6.07 Å². The molecule has 0 unspecified atom stereocenters. The molecule has 0 fully saturated rings. The lowest BCUT2D eigenvalue weighted by molar-refractivity contribution is -0.136. The van der Waals surface area contributed by atoms with Crippen molar-refractivity contribution in [1.29, 1.82) is 0 Å². The molecule has 1 aromatic carbocycles. The summed E-state index contributed by atoms with van der Waals surface area (Å²) in [6.45, 7) is 0. The van der Waals surface area contributed by atoms with Gasteiger partial charge in [-0.1, -0.05) is 6.07 Å². The molecule has 0 bridgehead atoms. The second-order valence-electron chi connectivity index (χ2n) is 3.65. The fourth-order valence-corrected chi connectivity index (χ4v) is 1.41. The van der Waals surface area contributed by atoms with E-state index in [1.54, 1.807) is 0 Å². The van der Waals surface area contributed by atoms with E-state index in [9.17, 15) is 17.6 Å². The summed E-state index contributed by atoms with van der Waals surface area (Å²) < 4.78 is 54.2. The fourth-order valence-electron chi connectivity index (χ4n) is 1.41. The number of rotatable bonds is 4. The van der Waals surface area contributed by atoms with Crippen molar-refractivity contribution in [3.8, 4) is 5.75 Å². The smallest absolute Gasteiger partial charge is 0.389 e. The predicted octanol–water partition coefficient (Wildman–Crippen LogP) is 3.18. The predicted molar refractivity (Wildman–Crippen MR) is 55.2 cm³/mol. The average Bonchev–Trinajstić information content (AvgIpc) is 2.24. The third-order valence-electron chi connectivity index (χ3n) is 2.35. The van der Waals surface area contributed by atoms with Crippen molar-refractivity contribution in [2.75, 3.05) is 7.11 Å². The first-order valence-electron chi connectivity index (χ1n) is 4.99. The van der Waals surface area contributed by atoms with Crippen LogP contribution in [-0.2, 0) is 0 Å². The summed E-state index contributed by atoms with van der Waals surface area (Å²) in [5, 5.41) is 0. The summed E-state index contributed by atoms with van der Waals surface area (Å²) in [4.78, 5) is 0. The second-order valence-corrected chi connectivity index (χ2v) is 3.65. The number of halogens is 4. The van der Waals surface area contributed by atoms with Crippen molar-refractivity contribution in [2.45, 2.75) is 25.1 Å². The quantitative estimate of drug-likeness (QED) is 0.834. The molecule has 6 heteroatoms. The van der Waals surface area contributed by atoms with Crippen molar-refractivity contribution in [3.05, 3.63) is 29.6 Å². The van der Waals surface area contributed by atoms with Gasteiger partial charge in [-0.3, -0.25) is 0 Å². The molecule has 0 radical (unpaired) electrons. The molecule has 0 spiro atoms. The Labute approximate surface area is 96.4 Å². The lowest BCUT2D eigenvalue weighted by Gasteiger charge is -2.14. The topological polar surface area (TPSA) is 35.2 Å². The molecule has 0 saturated carbocycles. The van der Waals surface area contributed by atoms with Crippen LogP contribution in [0.3, 0.4) is 0 Å². The van der Waals surface area contributed by atoms with Gasteiger partial charge in [0.1, 0.15) is 11.6 Å². The zero-order valence-electron chi connectivity index (χ0n) is 9.22. The molecule has 2 nitrogen and oxygen atoms in total. The number of hydrogen-bond acceptors (Lipinski definition) is 2. The zero-order valence-corrected chi connectivity index (χ0v) is 9.22. The van der Waals surface area contributed by atoms with Crippen molar-refractivity contribution in [1.82, 2.24) is 0 Å². The van der Waals surface area contributed by atoms with Gasteiger partial charge in [0.2, 0.25) is 0 Å². The standard InChI is InChI=1S/C11H13F4NO/c1-17-7-2-3-8(9(12)6-7)10(16)4-5-11(13,14)15/h2-3,6,10H,4-5,16H2,1H3/t10-/m1/s1. The third-order valence-corrected chi connectivity index (χ3v) is 2.35. The first-order valence-corrected chi connectivity index (χ1v) is 4.99. The number of benzene rings is 1. The Bertz CT molecular complexity index is 378. The molecule has 0 aromatic heterocycles. The molecule has 96 valence electrons. The van der Waals surface area contributed by atoms with Gasteiger partial charge in [0, 0.05) is 24.1 Å². The Hall–Kier alpha value is -1.30. The highest BCUT2D eigenvalue weighted by Crippen LogP contribution is 2.28. The zero-order chi connectivity index (χ0) is 13.1. The lowest BCUT2D eigenvalue weighted by Crippen LogP contribution is -2.16. The minimum atomic E-state index is -4.28. The number of ether oxygens (including phenoxy) is 1. The third kappa shape index (κ3) is 4.22. The Kier molecular flexibility index (Phi) is 4.34. The van der Waals surface area contributed by atoms with Gasteiger partial charge < -0.3 is 10.5 Å². The molecular formula is C11H13F4NO. The van der Waals surface area contributed by atoms with E-state index >= 15 is 0 Å². The van der Waals surface area contributed by atoms with Crippen LogP contribution < -0.4 is 10.5 Å². The number of hydrogen-bond donors (Lipinski definition) is 1. The number of alkyl halides is 3. The largest absolute Gasteiger partial charge is 0.497 e. The van der Waals surface area contributed by atoms with Crippen LogP contribution in [-0.4, -0.2) is 13.3 Å². The molecule has 1 aromatic rings. The highest BCUT2D eigenvalue weighted by atomic mass is 19.4. The maximum Gasteiger partial charge on any atom is 0.389 e. The molecule has 2 N–H and O–H groups in total. The molecule has 1 rings (SSSR count). The number of methoxy groups -OCH3 is 1. The second kappa shape index (κ2) is 5.35. The van der Waals surface area contributed by atoms with Crippen LogP contribution in [0.2, 0.25) is 0 Å². The van der Waals surface area contributed by atoms with Crippen LogP contribution in [0.25, 0.3) is 0 Å². The van der Waals surface area contributed by atoms with Crippen molar-refractivity contribution in [3.63, 3.8) is 0 Å². The molecule has 0 aliphatic heterocycles. The van der Waals surface area contributed by atoms with E-state index in [0.29, 0.717) is 5.75 Å². The van der Waals surface area contributed by atoms with Crippen LogP contribution in [0.15, 0.2) is 18.2 Å². The molecule has 0 aliphatic carbocycles. The van der Waals surface area contributed by atoms with Crippen LogP contribution >= 0.6 is 0 Å². The number of nitrogens with two attached hydrogens (primary N) is 1. The molecule has 1 atom stereocenters. The van der Waals surface area contributed by atoms with Gasteiger partial charge in [-0.25, -0.2) is 4.39 Å². The van der Waals surface area contributed by atoms with Crippen molar-refractivity contribution in [2.24, 2.45) is 5.73 Å². The molecule has 0 amide bonds. The SMILES string of the molecule is COc1ccc([C@H](N)CCC(F)(F)F)c(F)c1. The molecule has 17 heavy (non-hydrogen) atoms. The van der Waals surface area contributed by atoms with Crippen molar-refractivity contribution < 1.29 is 22.3 Å². The Morgan fingerprint density at radius 3 is 2.47 bits per heavy atom. The van der Waals surface area contributed by atoms with Gasteiger partial charge in [0.15, 0.2) is 0 Å². The maximum absolute atomic E-state index is 13.5. The highest BCUT2D eigenvalue weighted by Gasteiger charge is 2.28. The first-order chi connectivity index (χ1) is 7.83. The highest BCUT2D eigenvalue weighted by molar-refractivity contribution is 5.30. The van der Waals surface area contributed by atoms with Gasteiger partial charge in [-0.15, -0.1) is 0 Å². The summed E-state index contributed by atoms with van der Waals surface area (Å²) in [7, 11) is 1.37. The molecule has 0 saturated heterocycles. The van der Waals surface area contributed by atoms with E-state index in [1.807, 2.05) is 0 Å². The summed E-state index contributed by atoms with van der Waals surface area (Å²) in [6.07, 6.45) is -5.65. The average molecular weight is 251 g/mol. The fraction of sp³-hybridized carbons (Fsp3) is 0.455. The van der Waals surface area contributed by atoms with E-state index < -0.39 is 24.5 Å². The van der Waals surface area contributed by atoms with Gasteiger partial charge in [-0.2, -0.15) is 13.2 Å². The van der Waals surface area contributed by atoms with E-state index in [2.05, 4.69) is 0 Å². The molecular weight excluding hydrogens is 238 g/mol. The van der Waals surface area contributed by atoms with E-state index in [4.69, 9.17) is 10.5 Å². The molecule has 0 heterocycles. The minimum absolute atomic E-state index is 0.0649. The normalized spacial score (nSPS) is 13.5. The Morgan fingerprint density at radius 1 is 1.35 bits per heavy atom. The monoisotopic (exact) mass is 251 g/mol. The summed E-state index contributed by atoms with van der Waals surface area (Å²) in [5.41, 5.74) is 5.58. The first kappa shape index (κ1) is 13.8. The molecule has 0 aliphatic rings. The summed E-state index contributed by atoms with van der Waals surface area (Å²) >= 11 is 0. The van der Waals surface area contributed by atoms with Gasteiger partial charge in [-0.05, 0) is 12.5 Å². The minimum Gasteiger partial charge on any atom is -0.497 e. The van der Waals surface area contributed by atoms with Gasteiger partial charge >= 0.3 is 6.18 Å². The van der Waals surface area contributed by atoms with E-state index in [-0.39, 0.29) is 12.0 Å². The van der Waals surface area contributed by atoms with Crippen LogP contribution in [0.1, 0.15) is 24.4 Å². The summed E-state index contributed by atoms with van der Waals surface area (Å²) in [6, 6.07) is 2.94. The van der Waals surface area contributed by atoms with Gasteiger partial charge in [0.05, 0.1) is 7.11 Å². The van der Waals surface area contributed by atoms with Crippen LogP contribution in [0, 0.1) is 5.82 Å². The summed E-state index contributed by atoms with van der Waals surface area (Å²) in [5.74, 6) is -0.353. The van der Waals surface area contributed by atoms with E-state index in [1.165, 1.54) is 19.2 Å².